The van der Waals surface area contributed by atoms with E-state index in [1.807, 2.05) is 97.9 Å². The number of carbonyl (C=O) groups is 6. The van der Waals surface area contributed by atoms with Gasteiger partial charge in [0.15, 0.2) is 0 Å². The Labute approximate surface area is 411 Å². The van der Waals surface area contributed by atoms with E-state index in [1.165, 1.54) is 7.11 Å². The van der Waals surface area contributed by atoms with Crippen molar-refractivity contribution in [3.05, 3.63) is 144 Å². The third-order valence-electron chi connectivity index (χ3n) is 12.0. The van der Waals surface area contributed by atoms with Gasteiger partial charge in [0.1, 0.15) is 35.3 Å². The summed E-state index contributed by atoms with van der Waals surface area (Å²) in [7, 11) is -3.59. The molecule has 0 radical (unpaired) electrons. The molecule has 4 aromatic rings. The molecule has 1 aliphatic rings. The van der Waals surface area contributed by atoms with E-state index in [1.54, 1.807) is 71.9 Å². The first-order chi connectivity index (χ1) is 33.2. The van der Waals surface area contributed by atoms with E-state index in [0.717, 1.165) is 4.31 Å². The summed E-state index contributed by atoms with van der Waals surface area (Å²) in [6.45, 7) is 11.4. The molecule has 1 aliphatic heterocycles. The first-order valence-electron chi connectivity index (χ1n) is 23.5. The first-order valence-corrected chi connectivity index (χ1v) is 24.9. The molecule has 0 aliphatic carbocycles. The van der Waals surface area contributed by atoms with Crippen molar-refractivity contribution in [2.24, 2.45) is 11.8 Å². The molecule has 5 atom stereocenters. The fraction of sp³-hybridized carbons (Fsp3) is 0.423. The minimum atomic E-state index is -4.80. The molecule has 376 valence electrons. The monoisotopic (exact) mass is 981 g/mol. The number of ether oxygens (including phenoxy) is 2. The highest BCUT2D eigenvalue weighted by Crippen LogP contribution is 2.37. The number of nitrogens with zero attached hydrogens (tertiary/aromatic N) is 2. The van der Waals surface area contributed by atoms with Gasteiger partial charge < -0.3 is 30.7 Å². The number of benzene rings is 4. The van der Waals surface area contributed by atoms with Gasteiger partial charge in [-0.15, -0.1) is 0 Å². The number of methoxy groups -OCH3 is 1. The molecule has 1 heterocycles. The van der Waals surface area contributed by atoms with Crippen LogP contribution in [0.1, 0.15) is 96.4 Å². The van der Waals surface area contributed by atoms with Crippen LogP contribution in [0, 0.1) is 11.8 Å². The Kier molecular flexibility index (Phi) is 18.8. The smallest absolute Gasteiger partial charge is 0.408 e. The zero-order valence-electron chi connectivity index (χ0n) is 41.1. The molecule has 1 saturated heterocycles. The van der Waals surface area contributed by atoms with Gasteiger partial charge in [0.05, 0.1) is 20.1 Å². The highest BCUT2D eigenvalue weighted by Gasteiger charge is 2.45. The number of nitrogens with one attached hydrogen (secondary N) is 5. The molecule has 0 unspecified atom stereocenters. The van der Waals surface area contributed by atoms with Gasteiger partial charge in [0, 0.05) is 6.54 Å². The fourth-order valence-corrected chi connectivity index (χ4v) is 9.89. The lowest BCUT2D eigenvalue weighted by Gasteiger charge is -2.37. The number of hydrogen-bond donors (Lipinski definition) is 5. The molecule has 4 aromatic carbocycles. The standard InChI is InChI=1S/C52H67N7O10S/c1-9-36(4)45(48(63)54-44(35(2)3)49(64)68-8)55-47(62)42-31-22-32-58(42)70(66,67)59(34-37-23-14-10-15-24-37)57-46(61)41(53-50(65)69-51(5,6)7)33-43(60)56-52(38-25-16-11-17-26-38,39-27-18-12-19-28-39)40-29-20-13-21-30-40/h10-21,23-30,35-36,41-42,44-45H,9,22,31-34H2,1-8H3,(H,53,65)(H,54,63)(H,55,62)(H,56,60)(H,57,61)/t36-,41-,42-,44-,45-/m0/s1. The van der Waals surface area contributed by atoms with Crippen molar-refractivity contribution in [1.29, 1.82) is 0 Å². The van der Waals surface area contributed by atoms with Gasteiger partial charge in [0.2, 0.25) is 17.7 Å². The molecule has 0 aromatic heterocycles. The van der Waals surface area contributed by atoms with Crippen molar-refractivity contribution in [1.82, 2.24) is 35.4 Å². The van der Waals surface area contributed by atoms with Crippen molar-refractivity contribution < 1.29 is 46.7 Å². The van der Waals surface area contributed by atoms with Crippen LogP contribution in [0.2, 0.25) is 0 Å². The second-order valence-corrected chi connectivity index (χ2v) is 20.5. The summed E-state index contributed by atoms with van der Waals surface area (Å²) in [4.78, 5) is 83.4. The normalized spacial score (nSPS) is 16.0. The lowest BCUT2D eigenvalue weighted by Crippen LogP contribution is -2.61. The predicted octanol–water partition coefficient (Wildman–Crippen LogP) is 5.47. The van der Waals surface area contributed by atoms with Gasteiger partial charge in [-0.25, -0.2) is 9.59 Å². The van der Waals surface area contributed by atoms with Gasteiger partial charge in [-0.1, -0.05) is 160 Å². The molecular formula is C52H67N7O10S. The molecule has 1 fully saturated rings. The second-order valence-electron chi connectivity index (χ2n) is 18.7. The van der Waals surface area contributed by atoms with E-state index in [-0.39, 0.29) is 25.3 Å². The third-order valence-corrected chi connectivity index (χ3v) is 13.8. The third kappa shape index (κ3) is 13.8. The predicted molar refractivity (Wildman–Crippen MR) is 264 cm³/mol. The number of hydrogen-bond acceptors (Lipinski definition) is 10. The molecule has 18 heteroatoms. The van der Waals surface area contributed by atoms with E-state index < -0.39 is 100 Å². The van der Waals surface area contributed by atoms with E-state index in [9.17, 15) is 37.2 Å². The minimum Gasteiger partial charge on any atom is -0.467 e. The van der Waals surface area contributed by atoms with Crippen LogP contribution in [0.25, 0.3) is 0 Å². The quantitative estimate of drug-likeness (QED) is 0.0403. The van der Waals surface area contributed by atoms with Crippen LogP contribution in [-0.4, -0.2) is 96.3 Å². The van der Waals surface area contributed by atoms with E-state index >= 15 is 0 Å². The average molecular weight is 982 g/mol. The highest BCUT2D eigenvalue weighted by atomic mass is 32.2. The number of alkyl carbamates (subject to hydrolysis) is 1. The second kappa shape index (κ2) is 24.3. The highest BCUT2D eigenvalue weighted by molar-refractivity contribution is 7.86. The molecule has 17 nitrogen and oxygen atoms in total. The largest absolute Gasteiger partial charge is 0.467 e. The van der Waals surface area contributed by atoms with Crippen LogP contribution < -0.4 is 26.7 Å². The van der Waals surface area contributed by atoms with Crippen molar-refractivity contribution in [3.8, 4) is 0 Å². The maximum atomic E-state index is 15.0. The van der Waals surface area contributed by atoms with Gasteiger partial charge in [0.25, 0.3) is 16.1 Å². The summed E-state index contributed by atoms with van der Waals surface area (Å²) in [5.74, 6) is -4.60. The Bertz CT molecular complexity index is 2410. The fourth-order valence-electron chi connectivity index (χ4n) is 8.24. The Morgan fingerprint density at radius 3 is 1.71 bits per heavy atom. The molecular weight excluding hydrogens is 915 g/mol. The summed E-state index contributed by atoms with van der Waals surface area (Å²) >= 11 is 0. The van der Waals surface area contributed by atoms with Crippen LogP contribution in [0.5, 0.6) is 0 Å². The Hall–Kier alpha value is -6.63. The maximum absolute atomic E-state index is 15.0. The molecule has 70 heavy (non-hydrogen) atoms. The van der Waals surface area contributed by atoms with Crippen LogP contribution in [0.15, 0.2) is 121 Å². The van der Waals surface area contributed by atoms with Gasteiger partial charge in [-0.2, -0.15) is 12.7 Å². The zero-order chi connectivity index (χ0) is 51.2. The zero-order valence-corrected chi connectivity index (χ0v) is 42.0. The molecule has 0 spiro atoms. The number of amides is 5. The maximum Gasteiger partial charge on any atom is 0.408 e. The number of hydrazine groups is 1. The summed E-state index contributed by atoms with van der Waals surface area (Å²) in [5.41, 5.74) is 2.72. The summed E-state index contributed by atoms with van der Waals surface area (Å²) in [6, 6.07) is 31.1. The Balaban J connectivity index is 1.49. The Morgan fingerprint density at radius 1 is 0.729 bits per heavy atom. The van der Waals surface area contributed by atoms with Crippen molar-refractivity contribution >= 4 is 45.9 Å². The SMILES string of the molecule is CC[C@H](C)[C@H](NC(=O)[C@@H]1CCCN1S(=O)(=O)N(Cc1ccccc1)NC(=O)[C@H](CC(=O)NC(c1ccccc1)(c1ccccc1)c1ccccc1)NC(=O)OC(C)(C)C)C(=O)N[C@H](C(=O)OC)C(C)C. The van der Waals surface area contributed by atoms with Gasteiger partial charge >= 0.3 is 12.1 Å². The lowest BCUT2D eigenvalue weighted by atomic mass is 9.77. The minimum absolute atomic E-state index is 0.0821. The lowest BCUT2D eigenvalue weighted by molar-refractivity contribution is -0.147. The number of rotatable bonds is 21. The average Bonchev–Trinajstić information content (AvgIpc) is 3.85. The van der Waals surface area contributed by atoms with Gasteiger partial charge in [-0.3, -0.25) is 24.6 Å². The first kappa shape index (κ1) is 54.3. The molecule has 5 amide bonds. The van der Waals surface area contributed by atoms with Crippen LogP contribution >= 0.6 is 0 Å². The van der Waals surface area contributed by atoms with Crippen molar-refractivity contribution in [3.63, 3.8) is 0 Å². The number of carbonyl (C=O) groups excluding carboxylic acids is 6. The van der Waals surface area contributed by atoms with Crippen LogP contribution in [-0.2, 0) is 55.7 Å². The Morgan fingerprint density at radius 2 is 1.24 bits per heavy atom. The van der Waals surface area contributed by atoms with Crippen LogP contribution in [0.3, 0.4) is 0 Å². The molecule has 5 rings (SSSR count). The summed E-state index contributed by atoms with van der Waals surface area (Å²) < 4.78 is 42.0. The van der Waals surface area contributed by atoms with Crippen molar-refractivity contribution in [2.75, 3.05) is 13.7 Å². The van der Waals surface area contributed by atoms with E-state index in [4.69, 9.17) is 9.47 Å². The summed E-state index contributed by atoms with van der Waals surface area (Å²) in [6.07, 6.45) is -0.925. The molecule has 0 bridgehead atoms. The summed E-state index contributed by atoms with van der Waals surface area (Å²) in [5, 5.41) is 11.1. The van der Waals surface area contributed by atoms with E-state index in [0.29, 0.717) is 33.1 Å². The topological polar surface area (TPSA) is 222 Å². The molecule has 5 N–H and O–H groups in total. The van der Waals surface area contributed by atoms with Gasteiger partial charge in [-0.05, 0) is 67.7 Å². The number of esters is 1. The van der Waals surface area contributed by atoms with E-state index in [2.05, 4.69) is 26.7 Å². The molecule has 0 saturated carbocycles. The van der Waals surface area contributed by atoms with Crippen molar-refractivity contribution in [2.45, 2.75) is 116 Å². The van der Waals surface area contributed by atoms with Crippen LogP contribution in [0.4, 0.5) is 4.79 Å².